The SMILES string of the molecule is Cc1cc(Cl)cc2sc(N(C[C@H]3CC[C@H](N)CC3)C(=O)C3CC3)nc12. The van der Waals surface area contributed by atoms with Crippen LogP contribution in [0.3, 0.4) is 0 Å². The molecule has 0 radical (unpaired) electrons. The lowest BCUT2D eigenvalue weighted by Gasteiger charge is -2.30. The molecule has 1 heterocycles. The van der Waals surface area contributed by atoms with Crippen molar-refractivity contribution in [2.24, 2.45) is 17.6 Å². The van der Waals surface area contributed by atoms with Crippen LogP contribution in [0.5, 0.6) is 0 Å². The minimum atomic E-state index is 0.197. The van der Waals surface area contributed by atoms with E-state index < -0.39 is 0 Å². The van der Waals surface area contributed by atoms with Crippen molar-refractivity contribution in [1.29, 1.82) is 0 Å². The second kappa shape index (κ2) is 6.86. The van der Waals surface area contributed by atoms with Crippen molar-refractivity contribution in [3.05, 3.63) is 22.7 Å². The van der Waals surface area contributed by atoms with Crippen LogP contribution in [0.4, 0.5) is 5.13 Å². The number of halogens is 1. The fourth-order valence-electron chi connectivity index (χ4n) is 3.70. The summed E-state index contributed by atoms with van der Waals surface area (Å²) in [5.74, 6) is 0.972. The van der Waals surface area contributed by atoms with Crippen molar-refractivity contribution in [2.75, 3.05) is 11.4 Å². The highest BCUT2D eigenvalue weighted by atomic mass is 35.5. The number of hydrogen-bond acceptors (Lipinski definition) is 4. The Bertz CT molecular complexity index is 793. The van der Waals surface area contributed by atoms with Gasteiger partial charge in [-0.25, -0.2) is 4.98 Å². The van der Waals surface area contributed by atoms with Crippen LogP contribution < -0.4 is 10.6 Å². The largest absolute Gasteiger partial charge is 0.328 e. The highest BCUT2D eigenvalue weighted by Crippen LogP contribution is 2.38. The standard InChI is InChI=1S/C19H24ClN3OS/c1-11-8-14(20)9-16-17(11)22-19(25-16)23(18(24)13-4-5-13)10-12-2-6-15(21)7-3-12/h8-9,12-13,15H,2-7,10,21H2,1H3/t12-,15-. The van der Waals surface area contributed by atoms with Gasteiger partial charge in [0.1, 0.15) is 0 Å². The predicted octanol–water partition coefficient (Wildman–Crippen LogP) is 4.52. The Labute approximate surface area is 157 Å². The summed E-state index contributed by atoms with van der Waals surface area (Å²) in [6.45, 7) is 2.79. The number of carbonyl (C=O) groups excluding carboxylic acids is 1. The minimum Gasteiger partial charge on any atom is -0.328 e. The van der Waals surface area contributed by atoms with Gasteiger partial charge in [0.25, 0.3) is 0 Å². The second-order valence-corrected chi connectivity index (χ2v) is 9.02. The molecule has 2 aromatic rings. The van der Waals surface area contributed by atoms with E-state index in [1.807, 2.05) is 24.0 Å². The lowest BCUT2D eigenvalue weighted by atomic mass is 9.86. The fraction of sp³-hybridized carbons (Fsp3) is 0.579. The summed E-state index contributed by atoms with van der Waals surface area (Å²) in [4.78, 5) is 19.7. The molecule has 2 fully saturated rings. The number of rotatable bonds is 4. The van der Waals surface area contributed by atoms with E-state index in [0.29, 0.717) is 12.0 Å². The van der Waals surface area contributed by atoms with Crippen molar-refractivity contribution in [1.82, 2.24) is 4.98 Å². The molecule has 0 aliphatic heterocycles. The number of amides is 1. The third kappa shape index (κ3) is 3.69. The van der Waals surface area contributed by atoms with E-state index in [9.17, 15) is 4.79 Å². The molecule has 0 bridgehead atoms. The highest BCUT2D eigenvalue weighted by molar-refractivity contribution is 7.22. The number of nitrogens with two attached hydrogens (primary N) is 1. The summed E-state index contributed by atoms with van der Waals surface area (Å²) in [5, 5.41) is 1.55. The van der Waals surface area contributed by atoms with Gasteiger partial charge in [-0.3, -0.25) is 9.69 Å². The van der Waals surface area contributed by atoms with Gasteiger partial charge in [-0.05, 0) is 69.1 Å². The molecule has 1 aromatic carbocycles. The number of hydrogen-bond donors (Lipinski definition) is 1. The Hall–Kier alpha value is -1.17. The van der Waals surface area contributed by atoms with Crippen LogP contribution in [0.1, 0.15) is 44.1 Å². The molecule has 4 rings (SSSR count). The third-order valence-electron chi connectivity index (χ3n) is 5.39. The predicted molar refractivity (Wildman–Crippen MR) is 104 cm³/mol. The summed E-state index contributed by atoms with van der Waals surface area (Å²) < 4.78 is 1.05. The second-order valence-electron chi connectivity index (χ2n) is 7.57. The van der Waals surface area contributed by atoms with Gasteiger partial charge < -0.3 is 5.73 Å². The van der Waals surface area contributed by atoms with Crippen LogP contribution in [0.25, 0.3) is 10.2 Å². The Morgan fingerprint density at radius 2 is 2.00 bits per heavy atom. The molecule has 6 heteroatoms. The van der Waals surface area contributed by atoms with E-state index in [4.69, 9.17) is 22.3 Å². The van der Waals surface area contributed by atoms with Crippen molar-refractivity contribution in [2.45, 2.75) is 51.5 Å². The first-order valence-corrected chi connectivity index (χ1v) is 10.3. The van der Waals surface area contributed by atoms with E-state index in [2.05, 4.69) is 0 Å². The molecular formula is C19H24ClN3OS. The van der Waals surface area contributed by atoms with Crippen LogP contribution >= 0.6 is 22.9 Å². The number of nitrogens with zero attached hydrogens (tertiary/aromatic N) is 2. The fourth-order valence-corrected chi connectivity index (χ4v) is 5.14. The van der Waals surface area contributed by atoms with Crippen LogP contribution in [0.15, 0.2) is 12.1 Å². The van der Waals surface area contributed by atoms with Gasteiger partial charge in [0, 0.05) is 23.5 Å². The molecule has 2 aliphatic carbocycles. The number of carbonyl (C=O) groups is 1. The van der Waals surface area contributed by atoms with Crippen molar-refractivity contribution < 1.29 is 4.79 Å². The first-order chi connectivity index (χ1) is 12.0. The molecule has 1 aromatic heterocycles. The lowest BCUT2D eigenvalue weighted by Crippen LogP contribution is -2.39. The summed E-state index contributed by atoms with van der Waals surface area (Å²) in [6.07, 6.45) is 6.35. The molecule has 134 valence electrons. The zero-order valence-corrected chi connectivity index (χ0v) is 16.1. The van der Waals surface area contributed by atoms with Gasteiger partial charge >= 0.3 is 0 Å². The van der Waals surface area contributed by atoms with Gasteiger partial charge in [0.15, 0.2) is 5.13 Å². The number of anilines is 1. The van der Waals surface area contributed by atoms with Crippen molar-refractivity contribution in [3.8, 4) is 0 Å². The van der Waals surface area contributed by atoms with Gasteiger partial charge in [0.05, 0.1) is 10.2 Å². The van der Waals surface area contributed by atoms with Gasteiger partial charge in [0.2, 0.25) is 5.91 Å². The molecule has 0 saturated heterocycles. The molecule has 2 saturated carbocycles. The molecule has 0 spiro atoms. The molecule has 25 heavy (non-hydrogen) atoms. The van der Waals surface area contributed by atoms with E-state index in [0.717, 1.165) is 71.0 Å². The average molecular weight is 378 g/mol. The summed E-state index contributed by atoms with van der Waals surface area (Å²) >= 11 is 7.77. The van der Waals surface area contributed by atoms with Crippen LogP contribution in [0, 0.1) is 18.8 Å². The van der Waals surface area contributed by atoms with E-state index in [-0.39, 0.29) is 11.8 Å². The quantitative estimate of drug-likeness (QED) is 0.852. The zero-order chi connectivity index (χ0) is 17.6. The first-order valence-electron chi connectivity index (χ1n) is 9.15. The molecule has 0 unspecified atom stereocenters. The number of benzene rings is 1. The Morgan fingerprint density at radius 3 is 2.68 bits per heavy atom. The minimum absolute atomic E-state index is 0.197. The molecule has 2 aliphatic rings. The van der Waals surface area contributed by atoms with Crippen LogP contribution in [-0.4, -0.2) is 23.5 Å². The Morgan fingerprint density at radius 1 is 1.28 bits per heavy atom. The third-order valence-corrected chi connectivity index (χ3v) is 6.64. The highest BCUT2D eigenvalue weighted by Gasteiger charge is 2.36. The maximum Gasteiger partial charge on any atom is 0.231 e. The smallest absolute Gasteiger partial charge is 0.231 e. The average Bonchev–Trinajstić information content (AvgIpc) is 3.34. The molecule has 0 atom stereocenters. The van der Waals surface area contributed by atoms with Crippen LogP contribution in [-0.2, 0) is 4.79 Å². The lowest BCUT2D eigenvalue weighted by molar-refractivity contribution is -0.119. The first kappa shape index (κ1) is 17.3. The summed E-state index contributed by atoms with van der Waals surface area (Å²) in [6, 6.07) is 4.21. The van der Waals surface area contributed by atoms with Gasteiger partial charge in [-0.15, -0.1) is 0 Å². The Balaban J connectivity index is 1.63. The van der Waals surface area contributed by atoms with Crippen LogP contribution in [0.2, 0.25) is 5.02 Å². The summed E-state index contributed by atoms with van der Waals surface area (Å²) in [7, 11) is 0. The van der Waals surface area contributed by atoms with E-state index in [1.165, 1.54) is 0 Å². The summed E-state index contributed by atoms with van der Waals surface area (Å²) in [5.41, 5.74) is 8.06. The maximum atomic E-state index is 12.9. The van der Waals surface area contributed by atoms with E-state index >= 15 is 0 Å². The van der Waals surface area contributed by atoms with E-state index in [1.54, 1.807) is 11.3 Å². The normalized spacial score (nSPS) is 23.8. The molecule has 2 N–H and O–H groups in total. The van der Waals surface area contributed by atoms with Crippen molar-refractivity contribution >= 4 is 44.2 Å². The topological polar surface area (TPSA) is 59.2 Å². The number of aromatic nitrogens is 1. The monoisotopic (exact) mass is 377 g/mol. The zero-order valence-electron chi connectivity index (χ0n) is 14.5. The number of aryl methyl sites for hydroxylation is 1. The maximum absolute atomic E-state index is 12.9. The molecular weight excluding hydrogens is 354 g/mol. The van der Waals surface area contributed by atoms with Crippen molar-refractivity contribution in [3.63, 3.8) is 0 Å². The molecule has 1 amide bonds. The number of fused-ring (bicyclic) bond motifs is 1. The van der Waals surface area contributed by atoms with Gasteiger partial charge in [-0.1, -0.05) is 22.9 Å². The Kier molecular flexibility index (Phi) is 4.73. The molecule has 4 nitrogen and oxygen atoms in total. The number of thiazole rings is 1. The van der Waals surface area contributed by atoms with Gasteiger partial charge in [-0.2, -0.15) is 0 Å².